The second-order valence-corrected chi connectivity index (χ2v) is 7.86. The third-order valence-corrected chi connectivity index (χ3v) is 5.90. The summed E-state index contributed by atoms with van der Waals surface area (Å²) in [6.07, 6.45) is 1.99. The van der Waals surface area contributed by atoms with E-state index in [9.17, 15) is 8.42 Å². The minimum atomic E-state index is -3.26. The van der Waals surface area contributed by atoms with Gasteiger partial charge in [0.1, 0.15) is 0 Å². The van der Waals surface area contributed by atoms with E-state index in [0.29, 0.717) is 45.4 Å². The lowest BCUT2D eigenvalue weighted by Crippen LogP contribution is -2.45. The first-order valence-corrected chi connectivity index (χ1v) is 9.62. The Labute approximate surface area is 167 Å². The lowest BCUT2D eigenvalue weighted by Gasteiger charge is -2.27. The van der Waals surface area contributed by atoms with Gasteiger partial charge in [-0.15, -0.1) is 24.0 Å². The van der Waals surface area contributed by atoms with E-state index in [2.05, 4.69) is 10.3 Å². The Hall–Kier alpha value is -0.850. The van der Waals surface area contributed by atoms with Crippen LogP contribution in [0.3, 0.4) is 0 Å². The van der Waals surface area contributed by atoms with Gasteiger partial charge in [-0.05, 0) is 12.1 Å². The number of guanidine groups is 1. The van der Waals surface area contributed by atoms with Crippen molar-refractivity contribution in [2.45, 2.75) is 6.54 Å². The molecule has 0 saturated carbocycles. The number of nitrogens with one attached hydrogen (secondary N) is 1. The molecule has 0 radical (unpaired) electrons. The van der Waals surface area contributed by atoms with Crippen LogP contribution in [0.4, 0.5) is 0 Å². The highest BCUT2D eigenvalue weighted by atomic mass is 127. The van der Waals surface area contributed by atoms with Gasteiger partial charge in [0.2, 0.25) is 10.0 Å². The molecule has 10 heteroatoms. The maximum atomic E-state index is 12.3. The first-order valence-electron chi connectivity index (χ1n) is 8.01. The van der Waals surface area contributed by atoms with Gasteiger partial charge in [-0.1, -0.05) is 0 Å². The fourth-order valence-corrected chi connectivity index (χ4v) is 3.93. The van der Waals surface area contributed by atoms with Crippen LogP contribution >= 0.6 is 24.0 Å². The third kappa shape index (κ3) is 6.42. The van der Waals surface area contributed by atoms with Crippen molar-refractivity contribution in [1.29, 1.82) is 0 Å². The van der Waals surface area contributed by atoms with Crippen LogP contribution < -0.4 is 5.32 Å². The number of morpholine rings is 1. The Kier molecular flexibility index (Phi) is 9.17. The first-order chi connectivity index (χ1) is 11.4. The predicted octanol–water partition coefficient (Wildman–Crippen LogP) is 0.312. The quantitative estimate of drug-likeness (QED) is 0.357. The Morgan fingerprint density at radius 2 is 2.08 bits per heavy atom. The SMILES string of the molecule is CN=C(NCCS(=O)(=O)N1CCOCC1)N(C)Cc1cccn1C.I. The number of aromatic nitrogens is 1. The Bertz CT molecular complexity index is 656. The predicted molar refractivity (Wildman–Crippen MR) is 110 cm³/mol. The molecular weight excluding hydrogens is 457 g/mol. The number of rotatable bonds is 6. The van der Waals surface area contributed by atoms with Gasteiger partial charge in [0.15, 0.2) is 5.96 Å². The zero-order valence-corrected chi connectivity index (χ0v) is 18.2. The van der Waals surface area contributed by atoms with Crippen LogP contribution in [0, 0.1) is 0 Å². The molecule has 1 aromatic heterocycles. The van der Waals surface area contributed by atoms with Crippen LogP contribution in [0.25, 0.3) is 0 Å². The van der Waals surface area contributed by atoms with Gasteiger partial charge in [-0.3, -0.25) is 4.99 Å². The molecule has 0 aromatic carbocycles. The van der Waals surface area contributed by atoms with E-state index in [-0.39, 0.29) is 29.7 Å². The smallest absolute Gasteiger partial charge is 0.215 e. The summed E-state index contributed by atoms with van der Waals surface area (Å²) in [4.78, 5) is 6.19. The molecule has 1 aliphatic rings. The largest absolute Gasteiger partial charge is 0.379 e. The van der Waals surface area contributed by atoms with Crippen molar-refractivity contribution in [3.05, 3.63) is 24.0 Å². The third-order valence-electron chi connectivity index (χ3n) is 4.03. The minimum Gasteiger partial charge on any atom is -0.379 e. The highest BCUT2D eigenvalue weighted by Gasteiger charge is 2.24. The molecule has 0 spiro atoms. The average molecular weight is 485 g/mol. The molecule has 1 saturated heterocycles. The minimum absolute atomic E-state index is 0. The van der Waals surface area contributed by atoms with Crippen molar-refractivity contribution >= 4 is 40.0 Å². The van der Waals surface area contributed by atoms with Gasteiger partial charge in [0, 0.05) is 52.7 Å². The molecule has 2 rings (SSSR count). The Morgan fingerprint density at radius 3 is 2.64 bits per heavy atom. The van der Waals surface area contributed by atoms with E-state index in [1.165, 1.54) is 4.31 Å². The van der Waals surface area contributed by atoms with Gasteiger partial charge in [0.25, 0.3) is 0 Å². The van der Waals surface area contributed by atoms with E-state index in [4.69, 9.17) is 4.74 Å². The van der Waals surface area contributed by atoms with Crippen molar-refractivity contribution in [1.82, 2.24) is 19.1 Å². The zero-order chi connectivity index (χ0) is 17.6. The normalized spacial score (nSPS) is 16.4. The molecule has 2 heterocycles. The molecule has 144 valence electrons. The standard InChI is InChI=1S/C15H27N5O3S.HI/c1-16-15(19(3)13-14-5-4-7-18(14)2)17-6-12-24(21,22)20-8-10-23-11-9-20;/h4-5,7H,6,8-13H2,1-3H3,(H,16,17);1H. The van der Waals surface area contributed by atoms with Crippen LogP contribution in [0.2, 0.25) is 0 Å². The second kappa shape index (κ2) is 10.3. The molecule has 1 aromatic rings. The summed E-state index contributed by atoms with van der Waals surface area (Å²) >= 11 is 0. The second-order valence-electron chi connectivity index (χ2n) is 5.77. The van der Waals surface area contributed by atoms with Crippen LogP contribution in [0.1, 0.15) is 5.69 Å². The highest BCUT2D eigenvalue weighted by molar-refractivity contribution is 14.0. The summed E-state index contributed by atoms with van der Waals surface area (Å²) in [6.45, 7) is 2.82. The number of sulfonamides is 1. The molecule has 25 heavy (non-hydrogen) atoms. The summed E-state index contributed by atoms with van der Waals surface area (Å²) in [7, 11) is 2.36. The summed E-state index contributed by atoms with van der Waals surface area (Å²) in [5.74, 6) is 0.720. The molecule has 0 atom stereocenters. The van der Waals surface area contributed by atoms with Crippen molar-refractivity contribution in [3.63, 3.8) is 0 Å². The molecule has 8 nitrogen and oxygen atoms in total. The molecule has 1 N–H and O–H groups in total. The topological polar surface area (TPSA) is 79.2 Å². The van der Waals surface area contributed by atoms with Crippen LogP contribution in [0.15, 0.2) is 23.3 Å². The summed E-state index contributed by atoms with van der Waals surface area (Å²) < 4.78 is 33.3. The molecule has 0 aliphatic carbocycles. The molecule has 0 amide bonds. The van der Waals surface area contributed by atoms with Gasteiger partial charge in [0.05, 0.1) is 25.5 Å². The fourth-order valence-electron chi connectivity index (χ4n) is 2.61. The average Bonchev–Trinajstić information content (AvgIpc) is 2.97. The van der Waals surface area contributed by atoms with Gasteiger partial charge >= 0.3 is 0 Å². The summed E-state index contributed by atoms with van der Waals surface area (Å²) in [5, 5.41) is 3.13. The Morgan fingerprint density at radius 1 is 1.40 bits per heavy atom. The fraction of sp³-hybridized carbons (Fsp3) is 0.667. The number of aryl methyl sites for hydroxylation is 1. The van der Waals surface area contributed by atoms with Crippen molar-refractivity contribution in [2.75, 3.05) is 52.7 Å². The number of ether oxygens (including phenoxy) is 1. The van der Waals surface area contributed by atoms with Crippen LogP contribution in [-0.2, 0) is 28.4 Å². The number of hydrogen-bond donors (Lipinski definition) is 1. The maximum Gasteiger partial charge on any atom is 0.215 e. The summed E-state index contributed by atoms with van der Waals surface area (Å²) in [6, 6.07) is 4.04. The number of aliphatic imine (C=N–C) groups is 1. The van der Waals surface area contributed by atoms with E-state index in [1.807, 2.05) is 41.9 Å². The van der Waals surface area contributed by atoms with Crippen molar-refractivity contribution < 1.29 is 13.2 Å². The van der Waals surface area contributed by atoms with E-state index in [1.54, 1.807) is 7.05 Å². The summed E-state index contributed by atoms with van der Waals surface area (Å²) in [5.41, 5.74) is 1.15. The molecule has 1 fully saturated rings. The van der Waals surface area contributed by atoms with Crippen molar-refractivity contribution in [2.24, 2.45) is 12.0 Å². The van der Waals surface area contributed by atoms with E-state index >= 15 is 0 Å². The van der Waals surface area contributed by atoms with Crippen molar-refractivity contribution in [3.8, 4) is 0 Å². The first kappa shape index (κ1) is 22.2. The maximum absolute atomic E-state index is 12.3. The monoisotopic (exact) mass is 485 g/mol. The molecule has 1 aliphatic heterocycles. The highest BCUT2D eigenvalue weighted by Crippen LogP contribution is 2.06. The Balaban J connectivity index is 0.00000312. The van der Waals surface area contributed by atoms with Gasteiger partial charge < -0.3 is 19.5 Å². The van der Waals surface area contributed by atoms with Gasteiger partial charge in [-0.25, -0.2) is 8.42 Å². The van der Waals surface area contributed by atoms with Gasteiger partial charge in [-0.2, -0.15) is 4.31 Å². The number of hydrogen-bond acceptors (Lipinski definition) is 4. The molecule has 0 bridgehead atoms. The van der Waals surface area contributed by atoms with E-state index < -0.39 is 10.0 Å². The van der Waals surface area contributed by atoms with Crippen LogP contribution in [-0.4, -0.2) is 80.8 Å². The number of halogens is 1. The molecule has 0 unspecified atom stereocenters. The van der Waals surface area contributed by atoms with Crippen LogP contribution in [0.5, 0.6) is 0 Å². The number of nitrogens with zero attached hydrogens (tertiary/aromatic N) is 4. The lowest BCUT2D eigenvalue weighted by molar-refractivity contribution is 0.0730. The molecular formula is C15H28IN5O3S. The lowest BCUT2D eigenvalue weighted by atomic mass is 10.4. The van der Waals surface area contributed by atoms with E-state index in [0.717, 1.165) is 5.69 Å². The zero-order valence-electron chi connectivity index (χ0n) is 15.0.